The van der Waals surface area contributed by atoms with E-state index in [1.807, 2.05) is 82.3 Å². The molecule has 0 atom stereocenters. The van der Waals surface area contributed by atoms with E-state index in [0.29, 0.717) is 41.5 Å². The molecule has 0 radical (unpaired) electrons. The lowest BCUT2D eigenvalue weighted by Gasteiger charge is -2.31. The van der Waals surface area contributed by atoms with Gasteiger partial charge in [-0.1, -0.05) is 46.3 Å². The summed E-state index contributed by atoms with van der Waals surface area (Å²) < 4.78 is 12.9. The van der Waals surface area contributed by atoms with E-state index in [9.17, 15) is 4.79 Å². The number of benzene rings is 3. The highest BCUT2D eigenvalue weighted by Crippen LogP contribution is 2.24. The minimum absolute atomic E-state index is 0.248. The Morgan fingerprint density at radius 2 is 1.58 bits per heavy atom. The van der Waals surface area contributed by atoms with Crippen molar-refractivity contribution in [1.29, 1.82) is 0 Å². The second-order valence-electron chi connectivity index (χ2n) is 10.0. The molecule has 0 aliphatic carbocycles. The zero-order valence-corrected chi connectivity index (χ0v) is 23.8. The highest BCUT2D eigenvalue weighted by Gasteiger charge is 2.25. The molecule has 1 amide bonds. The zero-order valence-electron chi connectivity index (χ0n) is 22.2. The van der Waals surface area contributed by atoms with Crippen molar-refractivity contribution < 1.29 is 14.3 Å². The minimum Gasteiger partial charge on any atom is -0.485 e. The topological polar surface area (TPSA) is 112 Å². The van der Waals surface area contributed by atoms with Gasteiger partial charge in [-0.2, -0.15) is 0 Å². The van der Waals surface area contributed by atoms with Crippen LogP contribution in [0.5, 0.6) is 5.75 Å². The maximum Gasteiger partial charge on any atom is 0.259 e. The number of aliphatic imine (C=N–C) groups is 1. The van der Waals surface area contributed by atoms with Crippen molar-refractivity contribution >= 4 is 45.1 Å². The molecule has 0 bridgehead atoms. The van der Waals surface area contributed by atoms with Crippen LogP contribution in [0.25, 0.3) is 5.70 Å². The molecular formula is C30H35BrN4O3. The van der Waals surface area contributed by atoms with Gasteiger partial charge in [0.15, 0.2) is 0 Å². The molecule has 0 unspecified atom stereocenters. The smallest absolute Gasteiger partial charge is 0.259 e. The number of carbonyl (C=O) groups is 1. The van der Waals surface area contributed by atoms with Crippen molar-refractivity contribution in [3.8, 4) is 5.75 Å². The van der Waals surface area contributed by atoms with E-state index in [0.717, 1.165) is 4.47 Å². The standard InChI is InChI=1S/C30H35BrN4O3/c1-29(2,19-32)37-20-30(3,4)38-25-16-14-24(15-17-25)35-28(36)26(18-34-23-8-6-5-7-9-23)27(33)21-10-12-22(31)13-11-21/h5-18H,19-20,32-33H2,1-4H3,(H,35,36)/b27-26+,34-18?. The number of ether oxygens (including phenoxy) is 2. The summed E-state index contributed by atoms with van der Waals surface area (Å²) in [6.07, 6.45) is 1.49. The second kappa shape index (κ2) is 12.9. The first-order chi connectivity index (χ1) is 18.0. The molecule has 0 fully saturated rings. The largest absolute Gasteiger partial charge is 0.485 e. The molecule has 0 aliphatic heterocycles. The molecule has 7 nitrogen and oxygen atoms in total. The Labute approximate surface area is 233 Å². The molecule has 38 heavy (non-hydrogen) atoms. The molecule has 3 aromatic rings. The first-order valence-corrected chi connectivity index (χ1v) is 13.1. The number of nitrogens with one attached hydrogen (secondary N) is 1. The number of anilines is 1. The van der Waals surface area contributed by atoms with Crippen LogP contribution < -0.4 is 21.5 Å². The minimum atomic E-state index is -0.569. The van der Waals surface area contributed by atoms with Crippen LogP contribution in [0.1, 0.15) is 33.3 Å². The molecule has 3 aromatic carbocycles. The van der Waals surface area contributed by atoms with Crippen molar-refractivity contribution in [2.45, 2.75) is 38.9 Å². The Morgan fingerprint density at radius 3 is 2.18 bits per heavy atom. The lowest BCUT2D eigenvalue weighted by atomic mass is 10.1. The summed E-state index contributed by atoms with van der Waals surface area (Å²) in [5.41, 5.74) is 13.8. The average molecular weight is 580 g/mol. The number of hydrogen-bond donors (Lipinski definition) is 3. The van der Waals surface area contributed by atoms with Crippen molar-refractivity contribution in [3.63, 3.8) is 0 Å². The van der Waals surface area contributed by atoms with Crippen molar-refractivity contribution in [2.75, 3.05) is 18.5 Å². The molecule has 8 heteroatoms. The van der Waals surface area contributed by atoms with E-state index in [4.69, 9.17) is 20.9 Å². The fourth-order valence-corrected chi connectivity index (χ4v) is 3.53. The van der Waals surface area contributed by atoms with E-state index in [2.05, 4.69) is 26.2 Å². The van der Waals surface area contributed by atoms with Gasteiger partial charge in [0.05, 0.1) is 29.2 Å². The lowest BCUT2D eigenvalue weighted by molar-refractivity contribution is -0.112. The Kier molecular flexibility index (Phi) is 9.85. The number of para-hydroxylation sites is 1. The van der Waals surface area contributed by atoms with E-state index >= 15 is 0 Å². The quantitative estimate of drug-likeness (QED) is 0.189. The van der Waals surface area contributed by atoms with Crippen LogP contribution >= 0.6 is 15.9 Å². The van der Waals surface area contributed by atoms with Gasteiger partial charge < -0.3 is 26.3 Å². The first kappa shape index (κ1) is 29.1. The van der Waals surface area contributed by atoms with Crippen molar-refractivity contribution in [2.24, 2.45) is 16.5 Å². The van der Waals surface area contributed by atoms with Gasteiger partial charge >= 0.3 is 0 Å². The van der Waals surface area contributed by atoms with E-state index < -0.39 is 11.2 Å². The summed E-state index contributed by atoms with van der Waals surface area (Å²) in [6.45, 7) is 8.57. The van der Waals surface area contributed by atoms with Crippen LogP contribution in [0.2, 0.25) is 0 Å². The van der Waals surface area contributed by atoms with Gasteiger partial charge in [0, 0.05) is 22.9 Å². The van der Waals surface area contributed by atoms with Crippen LogP contribution in [-0.4, -0.2) is 36.5 Å². The number of amides is 1. The molecule has 0 saturated heterocycles. The molecular weight excluding hydrogens is 544 g/mol. The van der Waals surface area contributed by atoms with Crippen LogP contribution in [0.4, 0.5) is 11.4 Å². The van der Waals surface area contributed by atoms with Crippen LogP contribution in [0, 0.1) is 0 Å². The number of nitrogens with zero attached hydrogens (tertiary/aromatic N) is 1. The number of halogens is 1. The number of rotatable bonds is 11. The van der Waals surface area contributed by atoms with Crippen LogP contribution in [0.3, 0.4) is 0 Å². The number of nitrogens with two attached hydrogens (primary N) is 2. The molecule has 0 heterocycles. The summed E-state index contributed by atoms with van der Waals surface area (Å²) in [5.74, 6) is 0.273. The van der Waals surface area contributed by atoms with Crippen molar-refractivity contribution in [1.82, 2.24) is 0 Å². The van der Waals surface area contributed by atoms with Crippen molar-refractivity contribution in [3.05, 3.63) is 94.5 Å². The summed E-state index contributed by atoms with van der Waals surface area (Å²) in [4.78, 5) is 17.8. The third kappa shape index (κ3) is 8.83. The molecule has 0 spiro atoms. The summed E-state index contributed by atoms with van der Waals surface area (Å²) in [7, 11) is 0. The fraction of sp³-hybridized carbons (Fsp3) is 0.267. The number of carbonyl (C=O) groups excluding carboxylic acids is 1. The SMILES string of the molecule is CC(C)(CN)OCC(C)(C)Oc1ccc(NC(=O)/C(C=Nc2ccccc2)=C(/N)c2ccc(Br)cc2)cc1. The van der Waals surface area contributed by atoms with Gasteiger partial charge in [0.2, 0.25) is 0 Å². The van der Waals surface area contributed by atoms with Gasteiger partial charge in [0.1, 0.15) is 11.4 Å². The highest BCUT2D eigenvalue weighted by atomic mass is 79.9. The van der Waals surface area contributed by atoms with Crippen LogP contribution in [-0.2, 0) is 9.53 Å². The monoisotopic (exact) mass is 578 g/mol. The van der Waals surface area contributed by atoms with Gasteiger partial charge in [-0.05, 0) is 81.8 Å². The predicted molar refractivity (Wildman–Crippen MR) is 159 cm³/mol. The molecule has 0 aliphatic rings. The summed E-state index contributed by atoms with van der Waals surface area (Å²) in [5, 5.41) is 2.91. The molecule has 0 aromatic heterocycles. The highest BCUT2D eigenvalue weighted by molar-refractivity contribution is 9.10. The van der Waals surface area contributed by atoms with Gasteiger partial charge in [0.25, 0.3) is 5.91 Å². The van der Waals surface area contributed by atoms with E-state index in [1.54, 1.807) is 24.3 Å². The average Bonchev–Trinajstić information content (AvgIpc) is 2.90. The normalized spacial score (nSPS) is 12.8. The Morgan fingerprint density at radius 1 is 0.947 bits per heavy atom. The zero-order chi connectivity index (χ0) is 27.8. The maximum absolute atomic E-state index is 13.3. The van der Waals surface area contributed by atoms with Gasteiger partial charge in [-0.15, -0.1) is 0 Å². The first-order valence-electron chi connectivity index (χ1n) is 12.3. The Bertz CT molecular complexity index is 1270. The third-order valence-electron chi connectivity index (χ3n) is 5.60. The van der Waals surface area contributed by atoms with Gasteiger partial charge in [-0.3, -0.25) is 9.79 Å². The van der Waals surface area contributed by atoms with E-state index in [-0.39, 0.29) is 11.5 Å². The second-order valence-corrected chi connectivity index (χ2v) is 10.9. The summed E-state index contributed by atoms with van der Waals surface area (Å²) >= 11 is 3.43. The number of hydrogen-bond acceptors (Lipinski definition) is 6. The predicted octanol–water partition coefficient (Wildman–Crippen LogP) is 6.07. The fourth-order valence-electron chi connectivity index (χ4n) is 3.27. The Balaban J connectivity index is 1.77. The molecule has 0 saturated carbocycles. The van der Waals surface area contributed by atoms with E-state index in [1.165, 1.54) is 6.21 Å². The molecule has 200 valence electrons. The molecule has 3 rings (SSSR count). The maximum atomic E-state index is 13.3. The summed E-state index contributed by atoms with van der Waals surface area (Å²) in [6, 6.07) is 23.9. The van der Waals surface area contributed by atoms with Crippen LogP contribution in [0.15, 0.2) is 93.9 Å². The third-order valence-corrected chi connectivity index (χ3v) is 6.13. The Hall–Kier alpha value is -3.46. The van der Waals surface area contributed by atoms with Gasteiger partial charge in [-0.25, -0.2) is 0 Å². The lowest BCUT2D eigenvalue weighted by Crippen LogP contribution is -2.42. The molecule has 5 N–H and O–H groups in total.